The molecule has 0 spiro atoms. The molecule has 120 valence electrons. The smallest absolute Gasteiger partial charge is 0.150 e. The van der Waals surface area contributed by atoms with Gasteiger partial charge in [-0.1, -0.05) is 52.9 Å². The second-order valence-corrected chi connectivity index (χ2v) is 8.92. The van der Waals surface area contributed by atoms with Gasteiger partial charge in [0.25, 0.3) is 0 Å². The van der Waals surface area contributed by atoms with Crippen molar-refractivity contribution < 1.29 is 8.42 Å². The van der Waals surface area contributed by atoms with Gasteiger partial charge < -0.3 is 5.32 Å². The molecule has 0 aromatic rings. The van der Waals surface area contributed by atoms with E-state index >= 15 is 0 Å². The molecule has 0 amide bonds. The van der Waals surface area contributed by atoms with Crippen LogP contribution in [-0.2, 0) is 9.84 Å². The van der Waals surface area contributed by atoms with E-state index in [-0.39, 0.29) is 0 Å². The van der Waals surface area contributed by atoms with Crippen LogP contribution in [0.3, 0.4) is 0 Å². The number of hydrogen-bond acceptors (Lipinski definition) is 3. The molecule has 0 saturated carbocycles. The van der Waals surface area contributed by atoms with Crippen LogP contribution in [0.25, 0.3) is 0 Å². The van der Waals surface area contributed by atoms with Gasteiger partial charge in [-0.3, -0.25) is 0 Å². The first-order valence-corrected chi connectivity index (χ1v) is 10.2. The Bertz CT molecular complexity index is 351. The average Bonchev–Trinajstić information content (AvgIpc) is 2.73. The fourth-order valence-corrected chi connectivity index (χ4v) is 5.02. The van der Waals surface area contributed by atoms with E-state index in [9.17, 15) is 8.42 Å². The Balaban J connectivity index is 2.39. The highest BCUT2D eigenvalue weighted by molar-refractivity contribution is 7.91. The lowest BCUT2D eigenvalue weighted by molar-refractivity contribution is 0.306. The van der Waals surface area contributed by atoms with E-state index in [2.05, 4.69) is 26.1 Å². The quantitative estimate of drug-likeness (QED) is 0.629. The molecule has 1 N–H and O–H groups in total. The Morgan fingerprint density at radius 1 is 1.15 bits per heavy atom. The lowest BCUT2D eigenvalue weighted by Gasteiger charge is -2.24. The maximum Gasteiger partial charge on any atom is 0.150 e. The van der Waals surface area contributed by atoms with Gasteiger partial charge in [-0.2, -0.15) is 0 Å². The summed E-state index contributed by atoms with van der Waals surface area (Å²) in [5, 5.41) is 3.51. The second kappa shape index (κ2) is 9.04. The maximum absolute atomic E-state index is 11.7. The molecule has 2 atom stereocenters. The van der Waals surface area contributed by atoms with Crippen molar-refractivity contribution in [2.75, 3.05) is 18.1 Å². The number of unbranched alkanes of at least 4 members (excludes halogenated alkanes) is 4. The summed E-state index contributed by atoms with van der Waals surface area (Å²) in [6.07, 6.45) is 8.54. The zero-order chi connectivity index (χ0) is 15.0. The molecule has 1 fully saturated rings. The van der Waals surface area contributed by atoms with E-state index < -0.39 is 9.84 Å². The first-order valence-electron chi connectivity index (χ1n) is 8.38. The first-order chi connectivity index (χ1) is 9.44. The molecule has 1 heterocycles. The molecule has 1 aliphatic rings. The Hall–Kier alpha value is -0.0900. The van der Waals surface area contributed by atoms with Crippen LogP contribution in [-0.4, -0.2) is 32.5 Å². The molecule has 3 nitrogen and oxygen atoms in total. The molecule has 1 aliphatic heterocycles. The van der Waals surface area contributed by atoms with Crippen molar-refractivity contribution in [3.8, 4) is 0 Å². The summed E-state index contributed by atoms with van der Waals surface area (Å²) in [5.41, 5.74) is 0. The van der Waals surface area contributed by atoms with E-state index in [1.165, 1.54) is 38.5 Å². The Kier molecular flexibility index (Phi) is 8.11. The van der Waals surface area contributed by atoms with Gasteiger partial charge in [-0.25, -0.2) is 8.42 Å². The molecule has 0 radical (unpaired) electrons. The fraction of sp³-hybridized carbons (Fsp3) is 1.00. The van der Waals surface area contributed by atoms with E-state index in [1.807, 2.05) is 0 Å². The van der Waals surface area contributed by atoms with Gasteiger partial charge in [0.1, 0.15) is 0 Å². The minimum Gasteiger partial charge on any atom is -0.314 e. The topological polar surface area (TPSA) is 46.2 Å². The maximum atomic E-state index is 11.7. The van der Waals surface area contributed by atoms with Gasteiger partial charge >= 0.3 is 0 Å². The van der Waals surface area contributed by atoms with Crippen molar-refractivity contribution in [2.24, 2.45) is 11.8 Å². The van der Waals surface area contributed by atoms with Crippen molar-refractivity contribution in [2.45, 2.75) is 71.8 Å². The fourth-order valence-electron chi connectivity index (χ4n) is 3.10. The van der Waals surface area contributed by atoms with Gasteiger partial charge in [-0.05, 0) is 31.2 Å². The SMILES string of the molecule is CCCCCCCC(CNC(C)C)C1CCS(=O)(=O)C1. The van der Waals surface area contributed by atoms with Crippen molar-refractivity contribution >= 4 is 9.84 Å². The first kappa shape index (κ1) is 18.0. The summed E-state index contributed by atoms with van der Waals surface area (Å²) in [4.78, 5) is 0. The van der Waals surface area contributed by atoms with Crippen LogP contribution in [0.4, 0.5) is 0 Å². The molecular weight excluding hydrogens is 270 g/mol. The molecule has 20 heavy (non-hydrogen) atoms. The minimum atomic E-state index is -2.75. The van der Waals surface area contributed by atoms with Crippen LogP contribution in [0.15, 0.2) is 0 Å². The number of nitrogens with one attached hydrogen (secondary N) is 1. The number of rotatable bonds is 10. The highest BCUT2D eigenvalue weighted by Crippen LogP contribution is 2.29. The number of sulfone groups is 1. The van der Waals surface area contributed by atoms with E-state index in [0.717, 1.165) is 13.0 Å². The third kappa shape index (κ3) is 7.07. The summed E-state index contributed by atoms with van der Waals surface area (Å²) < 4.78 is 23.4. The zero-order valence-corrected chi connectivity index (χ0v) is 14.3. The van der Waals surface area contributed by atoms with Crippen molar-refractivity contribution in [3.05, 3.63) is 0 Å². The van der Waals surface area contributed by atoms with Gasteiger partial charge in [0, 0.05) is 6.04 Å². The summed E-state index contributed by atoms with van der Waals surface area (Å²) in [6, 6.07) is 0.482. The van der Waals surface area contributed by atoms with Crippen molar-refractivity contribution in [3.63, 3.8) is 0 Å². The minimum absolute atomic E-state index is 0.387. The molecule has 0 bridgehead atoms. The predicted octanol–water partition coefficient (Wildman–Crippen LogP) is 3.40. The Morgan fingerprint density at radius 3 is 2.40 bits per heavy atom. The van der Waals surface area contributed by atoms with Crippen LogP contribution >= 0.6 is 0 Å². The Morgan fingerprint density at radius 2 is 1.85 bits per heavy atom. The van der Waals surface area contributed by atoms with E-state index in [1.54, 1.807) is 0 Å². The molecule has 0 aromatic carbocycles. The summed E-state index contributed by atoms with van der Waals surface area (Å²) >= 11 is 0. The third-order valence-corrected chi connectivity index (χ3v) is 6.19. The predicted molar refractivity (Wildman–Crippen MR) is 86.8 cm³/mol. The van der Waals surface area contributed by atoms with Gasteiger partial charge in [0.15, 0.2) is 9.84 Å². The standard InChI is InChI=1S/C16H33NO2S/c1-4-5-6-7-8-9-15(12-17-14(2)3)16-10-11-20(18,19)13-16/h14-17H,4-13H2,1-3H3. The van der Waals surface area contributed by atoms with Gasteiger partial charge in [-0.15, -0.1) is 0 Å². The van der Waals surface area contributed by atoms with Crippen molar-refractivity contribution in [1.29, 1.82) is 0 Å². The lowest BCUT2D eigenvalue weighted by Crippen LogP contribution is -2.33. The molecule has 1 rings (SSSR count). The molecule has 4 heteroatoms. The highest BCUT2D eigenvalue weighted by atomic mass is 32.2. The van der Waals surface area contributed by atoms with Crippen LogP contribution in [0, 0.1) is 11.8 Å². The summed E-state index contributed by atoms with van der Waals surface area (Å²) in [7, 11) is -2.75. The van der Waals surface area contributed by atoms with E-state index in [0.29, 0.717) is 29.4 Å². The van der Waals surface area contributed by atoms with Crippen molar-refractivity contribution in [1.82, 2.24) is 5.32 Å². The largest absolute Gasteiger partial charge is 0.314 e. The third-order valence-electron chi connectivity index (χ3n) is 4.40. The number of hydrogen-bond donors (Lipinski definition) is 1. The van der Waals surface area contributed by atoms with Crippen LogP contribution < -0.4 is 5.32 Å². The lowest BCUT2D eigenvalue weighted by atomic mass is 9.87. The molecule has 0 aromatic heterocycles. The average molecular weight is 304 g/mol. The zero-order valence-electron chi connectivity index (χ0n) is 13.5. The monoisotopic (exact) mass is 303 g/mol. The van der Waals surface area contributed by atoms with Crippen LogP contribution in [0.5, 0.6) is 0 Å². The molecular formula is C16H33NO2S. The van der Waals surface area contributed by atoms with E-state index in [4.69, 9.17) is 0 Å². The molecule has 2 unspecified atom stereocenters. The van der Waals surface area contributed by atoms with Crippen LogP contribution in [0.2, 0.25) is 0 Å². The van der Waals surface area contributed by atoms with Gasteiger partial charge in [0.05, 0.1) is 11.5 Å². The second-order valence-electron chi connectivity index (χ2n) is 6.69. The highest BCUT2D eigenvalue weighted by Gasteiger charge is 2.33. The molecule has 0 aliphatic carbocycles. The van der Waals surface area contributed by atoms with Crippen LogP contribution in [0.1, 0.15) is 65.7 Å². The van der Waals surface area contributed by atoms with Gasteiger partial charge in [0.2, 0.25) is 0 Å². The summed E-state index contributed by atoms with van der Waals surface area (Å²) in [5.74, 6) is 1.76. The Labute approximate surface area is 125 Å². The summed E-state index contributed by atoms with van der Waals surface area (Å²) in [6.45, 7) is 7.53. The normalized spacial score (nSPS) is 23.3. The molecule has 1 saturated heterocycles.